The van der Waals surface area contributed by atoms with Crippen LogP contribution < -0.4 is 0 Å². The monoisotopic (exact) mass is 396 g/mol. The highest BCUT2D eigenvalue weighted by Crippen LogP contribution is 2.67. The first-order valence-electron chi connectivity index (χ1n) is 13.1. The highest BCUT2D eigenvalue weighted by Gasteiger charge is 2.58. The summed E-state index contributed by atoms with van der Waals surface area (Å²) in [7, 11) is 0. The Bertz CT molecular complexity index is 626. The Labute approximate surface area is 182 Å². The second-order valence-electron chi connectivity index (χ2n) is 12.5. The first-order valence-corrected chi connectivity index (χ1v) is 13.1. The quantitative estimate of drug-likeness (QED) is 0.393. The van der Waals surface area contributed by atoms with Gasteiger partial charge in [-0.25, -0.2) is 0 Å². The fourth-order valence-corrected chi connectivity index (χ4v) is 8.91. The summed E-state index contributed by atoms with van der Waals surface area (Å²) >= 11 is 0. The van der Waals surface area contributed by atoms with Crippen LogP contribution in [0.2, 0.25) is 0 Å². The van der Waals surface area contributed by atoms with Gasteiger partial charge < -0.3 is 0 Å². The van der Waals surface area contributed by atoms with Crippen LogP contribution in [-0.4, -0.2) is 0 Å². The van der Waals surface area contributed by atoms with Gasteiger partial charge in [0.2, 0.25) is 0 Å². The van der Waals surface area contributed by atoms with Crippen molar-refractivity contribution in [3.63, 3.8) is 0 Å². The summed E-state index contributed by atoms with van der Waals surface area (Å²) in [5.41, 5.74) is 2.94. The predicted octanol–water partition coefficient (Wildman–Crippen LogP) is 8.83. The van der Waals surface area contributed by atoms with Gasteiger partial charge in [0.05, 0.1) is 0 Å². The summed E-state index contributed by atoms with van der Waals surface area (Å²) in [6, 6.07) is 0. The van der Waals surface area contributed by atoms with E-state index in [1.807, 2.05) is 5.57 Å². The fourth-order valence-electron chi connectivity index (χ4n) is 8.91. The lowest BCUT2D eigenvalue weighted by Crippen LogP contribution is -2.50. The maximum Gasteiger partial charge on any atom is -0.00849 e. The van der Waals surface area contributed by atoms with Crippen molar-refractivity contribution in [3.05, 3.63) is 24.3 Å². The molecule has 0 N–H and O–H groups in total. The Morgan fingerprint density at radius 1 is 1.03 bits per heavy atom. The molecule has 0 aromatic carbocycles. The van der Waals surface area contributed by atoms with Gasteiger partial charge in [0.15, 0.2) is 0 Å². The first-order chi connectivity index (χ1) is 13.8. The summed E-state index contributed by atoms with van der Waals surface area (Å²) < 4.78 is 0. The molecule has 0 saturated heterocycles. The first kappa shape index (κ1) is 21.7. The average molecular weight is 397 g/mol. The minimum absolute atomic E-state index is 0.505. The van der Waals surface area contributed by atoms with Crippen LogP contribution in [0.5, 0.6) is 0 Å². The van der Waals surface area contributed by atoms with Gasteiger partial charge in [-0.3, -0.25) is 0 Å². The van der Waals surface area contributed by atoms with Gasteiger partial charge in [-0.15, -0.1) is 6.58 Å². The van der Waals surface area contributed by atoms with Crippen molar-refractivity contribution in [3.8, 4) is 0 Å². The van der Waals surface area contributed by atoms with Crippen LogP contribution in [0.15, 0.2) is 24.3 Å². The molecule has 164 valence electrons. The zero-order chi connectivity index (χ0) is 20.8. The Morgan fingerprint density at radius 3 is 2.55 bits per heavy atom. The SMILES string of the molecule is C=CC1CCC2(C)C(=CCC3C2CCC2(C)C(C(C)CCCC(C)C)CCC32)C1. The van der Waals surface area contributed by atoms with Crippen LogP contribution in [0.1, 0.15) is 105 Å². The molecule has 0 spiro atoms. The normalized spacial score (nSPS) is 45.2. The molecule has 0 amide bonds. The van der Waals surface area contributed by atoms with Gasteiger partial charge in [-0.1, -0.05) is 71.6 Å². The van der Waals surface area contributed by atoms with Crippen molar-refractivity contribution in [1.82, 2.24) is 0 Å². The van der Waals surface area contributed by atoms with E-state index in [4.69, 9.17) is 0 Å². The van der Waals surface area contributed by atoms with E-state index < -0.39 is 0 Å². The maximum absolute atomic E-state index is 4.11. The number of hydrogen-bond acceptors (Lipinski definition) is 0. The lowest BCUT2D eigenvalue weighted by Gasteiger charge is -2.58. The Hall–Kier alpha value is -0.520. The lowest BCUT2D eigenvalue weighted by atomic mass is 9.46. The van der Waals surface area contributed by atoms with E-state index in [2.05, 4.69) is 53.3 Å². The topological polar surface area (TPSA) is 0 Å². The van der Waals surface area contributed by atoms with Gasteiger partial charge in [-0.2, -0.15) is 0 Å². The number of allylic oxidation sites excluding steroid dienone is 3. The lowest BCUT2D eigenvalue weighted by molar-refractivity contribution is -0.0516. The van der Waals surface area contributed by atoms with E-state index in [0.717, 1.165) is 41.4 Å². The molecule has 4 rings (SSSR count). The third-order valence-corrected chi connectivity index (χ3v) is 10.7. The van der Waals surface area contributed by atoms with E-state index in [1.54, 1.807) is 0 Å². The molecule has 0 aromatic heterocycles. The van der Waals surface area contributed by atoms with Gasteiger partial charge in [0.25, 0.3) is 0 Å². The largest absolute Gasteiger partial charge is 0.103 e. The molecule has 0 aliphatic heterocycles. The maximum atomic E-state index is 4.11. The zero-order valence-corrected chi connectivity index (χ0v) is 20.2. The van der Waals surface area contributed by atoms with Crippen LogP contribution in [0.3, 0.4) is 0 Å². The van der Waals surface area contributed by atoms with Crippen molar-refractivity contribution < 1.29 is 0 Å². The molecule has 0 radical (unpaired) electrons. The van der Waals surface area contributed by atoms with Gasteiger partial charge in [-0.05, 0) is 104 Å². The fraction of sp³-hybridized carbons (Fsp3) is 0.862. The summed E-state index contributed by atoms with van der Waals surface area (Å²) in [5, 5.41) is 0. The third kappa shape index (κ3) is 3.70. The van der Waals surface area contributed by atoms with E-state index in [9.17, 15) is 0 Å². The molecule has 0 bridgehead atoms. The summed E-state index contributed by atoms with van der Waals surface area (Å²) in [5.74, 6) is 6.43. The van der Waals surface area contributed by atoms with E-state index in [-0.39, 0.29) is 0 Å². The highest BCUT2D eigenvalue weighted by molar-refractivity contribution is 5.26. The van der Waals surface area contributed by atoms with Crippen molar-refractivity contribution in [1.29, 1.82) is 0 Å². The van der Waals surface area contributed by atoms with Gasteiger partial charge in [0, 0.05) is 0 Å². The summed E-state index contributed by atoms with van der Waals surface area (Å²) in [4.78, 5) is 0. The summed E-state index contributed by atoms with van der Waals surface area (Å²) in [6.45, 7) is 16.8. The Balaban J connectivity index is 1.49. The van der Waals surface area contributed by atoms with Crippen molar-refractivity contribution >= 4 is 0 Å². The molecule has 0 nitrogen and oxygen atoms in total. The third-order valence-electron chi connectivity index (χ3n) is 10.7. The second-order valence-corrected chi connectivity index (χ2v) is 12.5. The van der Waals surface area contributed by atoms with Crippen LogP contribution in [0.4, 0.5) is 0 Å². The molecular weight excluding hydrogens is 348 g/mol. The molecule has 8 unspecified atom stereocenters. The molecule has 3 saturated carbocycles. The minimum atomic E-state index is 0.505. The molecule has 8 atom stereocenters. The predicted molar refractivity (Wildman–Crippen MR) is 127 cm³/mol. The van der Waals surface area contributed by atoms with Crippen LogP contribution in [0, 0.1) is 52.3 Å². The molecule has 0 heteroatoms. The molecule has 4 aliphatic rings. The van der Waals surface area contributed by atoms with Crippen LogP contribution in [0.25, 0.3) is 0 Å². The number of rotatable bonds is 6. The molecule has 0 aromatic rings. The molecule has 3 fully saturated rings. The van der Waals surface area contributed by atoms with Crippen molar-refractivity contribution in [2.75, 3.05) is 0 Å². The number of fused-ring (bicyclic) bond motifs is 5. The average Bonchev–Trinajstić information content (AvgIpc) is 3.04. The van der Waals surface area contributed by atoms with Gasteiger partial charge >= 0.3 is 0 Å². The second kappa shape index (κ2) is 8.20. The van der Waals surface area contributed by atoms with E-state index in [1.165, 1.54) is 70.6 Å². The molecular formula is C29H48. The molecule has 29 heavy (non-hydrogen) atoms. The van der Waals surface area contributed by atoms with Crippen LogP contribution in [-0.2, 0) is 0 Å². The zero-order valence-electron chi connectivity index (χ0n) is 20.2. The Kier molecular flexibility index (Phi) is 6.14. The van der Waals surface area contributed by atoms with Crippen molar-refractivity contribution in [2.45, 2.75) is 105 Å². The van der Waals surface area contributed by atoms with Crippen LogP contribution >= 0.6 is 0 Å². The molecule has 4 aliphatic carbocycles. The summed E-state index contributed by atoms with van der Waals surface area (Å²) in [6.07, 6.45) is 20.8. The Morgan fingerprint density at radius 2 is 1.83 bits per heavy atom. The van der Waals surface area contributed by atoms with Crippen molar-refractivity contribution in [2.24, 2.45) is 52.3 Å². The highest BCUT2D eigenvalue weighted by atomic mass is 14.6. The standard InChI is InChI=1S/C29H48/c1-7-22-15-17-28(5)23(19-22)11-12-24-26-14-13-25(21(4)10-8-9-20(2)3)29(26,6)18-16-27(24)28/h7,11,20-22,24-27H,1,8-10,12-19H2,2-6H3. The van der Waals surface area contributed by atoms with E-state index in [0.29, 0.717) is 10.8 Å². The molecule has 0 heterocycles. The number of hydrogen-bond donors (Lipinski definition) is 0. The smallest absolute Gasteiger partial charge is 0.00849 e. The minimum Gasteiger partial charge on any atom is -0.103 e. The van der Waals surface area contributed by atoms with E-state index >= 15 is 0 Å². The van der Waals surface area contributed by atoms with Gasteiger partial charge in [0.1, 0.15) is 0 Å².